The van der Waals surface area contributed by atoms with Gasteiger partial charge in [-0.3, -0.25) is 4.79 Å². The molecule has 3 aromatic rings. The molecular weight excluding hydrogens is 515 g/mol. The van der Waals surface area contributed by atoms with E-state index in [1.165, 1.54) is 18.3 Å². The average molecular weight is 527 g/mol. The normalized spacial score (nSPS) is 10.8. The number of halogens is 4. The number of nitrogens with zero attached hydrogens (tertiary/aromatic N) is 1. The molecule has 0 unspecified atom stereocenters. The van der Waals surface area contributed by atoms with Crippen LogP contribution in [0.15, 0.2) is 70.2 Å². The highest BCUT2D eigenvalue weighted by molar-refractivity contribution is 9.10. The van der Waals surface area contributed by atoms with Crippen LogP contribution in [-0.4, -0.2) is 18.1 Å². The fraction of sp³-hybridized carbons (Fsp3) is 0. The molecule has 0 aliphatic carbocycles. The van der Waals surface area contributed by atoms with Gasteiger partial charge in [-0.15, -0.1) is 0 Å². The first-order valence-electron chi connectivity index (χ1n) is 8.40. The van der Waals surface area contributed by atoms with Crippen molar-refractivity contribution in [1.82, 2.24) is 5.43 Å². The summed E-state index contributed by atoms with van der Waals surface area (Å²) in [5.41, 5.74) is 3.28. The maximum Gasteiger partial charge on any atom is 0.345 e. The molecule has 0 bridgehead atoms. The molecule has 0 aromatic heterocycles. The lowest BCUT2D eigenvalue weighted by molar-refractivity contribution is 0.0734. The lowest BCUT2D eigenvalue weighted by atomic mass is 10.2. The Hall–Kier alpha value is -2.38. The van der Waals surface area contributed by atoms with Crippen LogP contribution in [0, 0.1) is 0 Å². The van der Waals surface area contributed by atoms with Gasteiger partial charge < -0.3 is 4.74 Å². The van der Waals surface area contributed by atoms with Crippen molar-refractivity contribution in [2.45, 2.75) is 0 Å². The van der Waals surface area contributed by atoms with E-state index in [9.17, 15) is 9.59 Å². The van der Waals surface area contributed by atoms with Crippen molar-refractivity contribution >= 4 is 68.8 Å². The highest BCUT2D eigenvalue weighted by atomic mass is 79.9. The van der Waals surface area contributed by atoms with Crippen molar-refractivity contribution in [1.29, 1.82) is 0 Å². The van der Waals surface area contributed by atoms with Crippen molar-refractivity contribution in [3.63, 3.8) is 0 Å². The van der Waals surface area contributed by atoms with Crippen LogP contribution in [0.2, 0.25) is 15.1 Å². The largest absolute Gasteiger partial charge is 0.422 e. The number of hydrogen-bond donors (Lipinski definition) is 1. The number of rotatable bonds is 5. The zero-order valence-electron chi connectivity index (χ0n) is 15.0. The summed E-state index contributed by atoms with van der Waals surface area (Å²) in [4.78, 5) is 24.7. The van der Waals surface area contributed by atoms with E-state index >= 15 is 0 Å². The van der Waals surface area contributed by atoms with Crippen LogP contribution in [0.4, 0.5) is 0 Å². The number of benzene rings is 3. The molecule has 152 valence electrons. The second-order valence-electron chi connectivity index (χ2n) is 5.87. The molecular formula is C21H12BrCl3N2O3. The summed E-state index contributed by atoms with van der Waals surface area (Å²) in [5.74, 6) is -0.891. The summed E-state index contributed by atoms with van der Waals surface area (Å²) in [5, 5.41) is 4.82. The van der Waals surface area contributed by atoms with Gasteiger partial charge in [0.15, 0.2) is 0 Å². The van der Waals surface area contributed by atoms with E-state index in [2.05, 4.69) is 26.5 Å². The maximum absolute atomic E-state index is 12.4. The Labute approximate surface area is 195 Å². The van der Waals surface area contributed by atoms with Crippen molar-refractivity contribution in [3.05, 3.63) is 96.9 Å². The summed E-state index contributed by atoms with van der Waals surface area (Å²) >= 11 is 21.3. The van der Waals surface area contributed by atoms with Gasteiger partial charge in [0.2, 0.25) is 0 Å². The van der Waals surface area contributed by atoms with Gasteiger partial charge in [0.05, 0.1) is 27.4 Å². The highest BCUT2D eigenvalue weighted by Gasteiger charge is 2.15. The van der Waals surface area contributed by atoms with E-state index < -0.39 is 11.9 Å². The van der Waals surface area contributed by atoms with Gasteiger partial charge in [-0.2, -0.15) is 5.10 Å². The van der Waals surface area contributed by atoms with Crippen molar-refractivity contribution < 1.29 is 14.3 Å². The minimum atomic E-state index is -0.616. The van der Waals surface area contributed by atoms with E-state index in [4.69, 9.17) is 39.5 Å². The molecule has 0 aliphatic heterocycles. The Balaban J connectivity index is 1.77. The molecule has 9 heteroatoms. The number of ether oxygens (including phenoxy) is 1. The summed E-state index contributed by atoms with van der Waals surface area (Å²) in [6.07, 6.45) is 1.35. The predicted octanol–water partition coefficient (Wildman–Crippen LogP) is 6.39. The van der Waals surface area contributed by atoms with E-state index in [0.29, 0.717) is 10.6 Å². The third-order valence-electron chi connectivity index (χ3n) is 3.81. The summed E-state index contributed by atoms with van der Waals surface area (Å²) in [7, 11) is 0. The third kappa shape index (κ3) is 5.61. The van der Waals surface area contributed by atoms with E-state index in [1.54, 1.807) is 48.5 Å². The highest BCUT2D eigenvalue weighted by Crippen LogP contribution is 2.25. The van der Waals surface area contributed by atoms with Crippen molar-refractivity contribution in [3.8, 4) is 5.75 Å². The second kappa shape index (κ2) is 10.1. The first-order chi connectivity index (χ1) is 14.3. The topological polar surface area (TPSA) is 67.8 Å². The number of amides is 1. The van der Waals surface area contributed by atoms with Crippen LogP contribution >= 0.6 is 50.7 Å². The quantitative estimate of drug-likeness (QED) is 0.181. The van der Waals surface area contributed by atoms with Crippen LogP contribution in [0.1, 0.15) is 26.3 Å². The molecule has 0 spiro atoms. The Morgan fingerprint density at radius 2 is 1.70 bits per heavy atom. The van der Waals surface area contributed by atoms with E-state index in [-0.39, 0.29) is 26.9 Å². The first-order valence-corrected chi connectivity index (χ1v) is 10.3. The van der Waals surface area contributed by atoms with Gasteiger partial charge in [0.1, 0.15) is 5.75 Å². The lowest BCUT2D eigenvalue weighted by Gasteiger charge is -2.09. The molecule has 0 atom stereocenters. The predicted molar refractivity (Wildman–Crippen MR) is 122 cm³/mol. The van der Waals surface area contributed by atoms with E-state index in [0.717, 1.165) is 4.47 Å². The van der Waals surface area contributed by atoms with Crippen LogP contribution < -0.4 is 10.2 Å². The summed E-state index contributed by atoms with van der Waals surface area (Å²) in [6.45, 7) is 0. The zero-order chi connectivity index (χ0) is 21.7. The summed E-state index contributed by atoms with van der Waals surface area (Å²) < 4.78 is 6.19. The first kappa shape index (κ1) is 22.3. The van der Waals surface area contributed by atoms with Gasteiger partial charge in [-0.05, 0) is 48.5 Å². The summed E-state index contributed by atoms with van der Waals surface area (Å²) in [6, 6.07) is 16.0. The van der Waals surface area contributed by atoms with Gasteiger partial charge in [-0.1, -0.05) is 62.9 Å². The van der Waals surface area contributed by atoms with Gasteiger partial charge in [0.25, 0.3) is 5.91 Å². The van der Waals surface area contributed by atoms with Crippen LogP contribution in [0.3, 0.4) is 0 Å². The number of nitrogens with one attached hydrogen (secondary N) is 1. The molecule has 0 saturated carbocycles. The minimum absolute atomic E-state index is 0.201. The molecule has 1 amide bonds. The smallest absolute Gasteiger partial charge is 0.345 e. The second-order valence-corrected chi connectivity index (χ2v) is 8.04. The number of hydrogen-bond acceptors (Lipinski definition) is 4. The molecule has 1 N–H and O–H groups in total. The molecule has 3 aromatic carbocycles. The lowest BCUT2D eigenvalue weighted by Crippen LogP contribution is -2.18. The van der Waals surface area contributed by atoms with Gasteiger partial charge >= 0.3 is 5.97 Å². The number of esters is 1. The van der Waals surface area contributed by atoms with Crippen LogP contribution in [0.5, 0.6) is 5.75 Å². The monoisotopic (exact) mass is 524 g/mol. The maximum atomic E-state index is 12.4. The Bertz CT molecular complexity index is 1150. The van der Waals surface area contributed by atoms with E-state index in [1.807, 2.05) is 0 Å². The number of hydrazone groups is 1. The number of carbonyl (C=O) groups excluding carboxylic acids is 2. The van der Waals surface area contributed by atoms with Crippen molar-refractivity contribution in [2.75, 3.05) is 0 Å². The molecule has 3 rings (SSSR count). The minimum Gasteiger partial charge on any atom is -0.422 e. The molecule has 0 saturated heterocycles. The molecule has 0 radical (unpaired) electrons. The standard InChI is InChI=1S/C21H12BrCl3N2O3/c22-13-5-8-19(30-21(29)16-3-1-2-4-17(16)24)12(9-13)11-26-27-20(28)15-7-6-14(23)10-18(15)25/h1-11H,(H,27,28)/b26-11+. The van der Waals surface area contributed by atoms with Crippen LogP contribution in [-0.2, 0) is 0 Å². The van der Waals surface area contributed by atoms with Crippen molar-refractivity contribution in [2.24, 2.45) is 5.10 Å². The zero-order valence-corrected chi connectivity index (χ0v) is 18.9. The molecule has 0 heterocycles. The SMILES string of the molecule is O=C(N/N=C/c1cc(Br)ccc1OC(=O)c1ccccc1Cl)c1ccc(Cl)cc1Cl. The molecule has 30 heavy (non-hydrogen) atoms. The Kier molecular flexibility index (Phi) is 7.50. The Morgan fingerprint density at radius 3 is 2.43 bits per heavy atom. The van der Waals surface area contributed by atoms with Gasteiger partial charge in [0, 0.05) is 15.1 Å². The number of carbonyl (C=O) groups is 2. The fourth-order valence-electron chi connectivity index (χ4n) is 2.39. The Morgan fingerprint density at radius 1 is 0.933 bits per heavy atom. The molecule has 5 nitrogen and oxygen atoms in total. The molecule has 0 aliphatic rings. The van der Waals surface area contributed by atoms with Gasteiger partial charge in [-0.25, -0.2) is 10.2 Å². The average Bonchev–Trinajstić information content (AvgIpc) is 2.70. The van der Waals surface area contributed by atoms with Crippen LogP contribution in [0.25, 0.3) is 0 Å². The third-order valence-corrected chi connectivity index (χ3v) is 5.18. The fourth-order valence-corrected chi connectivity index (χ4v) is 3.48. The molecule has 0 fully saturated rings.